The van der Waals surface area contributed by atoms with Gasteiger partial charge in [0.05, 0.1) is 0 Å². The van der Waals surface area contributed by atoms with Crippen molar-refractivity contribution in [1.29, 1.82) is 0 Å². The van der Waals surface area contributed by atoms with E-state index in [1.165, 1.54) is 52.8 Å². The van der Waals surface area contributed by atoms with Crippen molar-refractivity contribution < 1.29 is 51.0 Å². The number of allylic oxidation sites excluding steroid dienone is 4. The van der Waals surface area contributed by atoms with Crippen LogP contribution in [0.1, 0.15) is 56.6 Å². The van der Waals surface area contributed by atoms with E-state index < -0.39 is 0 Å². The number of fused-ring (bicyclic) bond motifs is 5. The average Bonchev–Trinajstić information content (AvgIpc) is 3.40. The van der Waals surface area contributed by atoms with E-state index in [4.69, 9.17) is 0 Å². The van der Waals surface area contributed by atoms with Crippen molar-refractivity contribution >= 4 is 11.1 Å². The van der Waals surface area contributed by atoms with Gasteiger partial charge in [-0.3, -0.25) is 0 Å². The normalized spacial score (nSPS) is 17.9. The Morgan fingerprint density at radius 3 is 1.86 bits per heavy atom. The molecule has 0 fully saturated rings. The van der Waals surface area contributed by atoms with Crippen LogP contribution >= 0.6 is 0 Å². The molecule has 0 radical (unpaired) electrons. The van der Waals surface area contributed by atoms with Gasteiger partial charge in [0, 0.05) is 11.8 Å². The van der Waals surface area contributed by atoms with Crippen molar-refractivity contribution in [3.8, 4) is 11.1 Å². The molecule has 0 amide bonds. The molecule has 0 heterocycles. The molecule has 0 nitrogen and oxygen atoms in total. The second-order valence-corrected chi connectivity index (χ2v) is 10.2. The second-order valence-electron chi connectivity index (χ2n) is 10.2. The Morgan fingerprint density at radius 1 is 0.676 bits per heavy atom. The van der Waals surface area contributed by atoms with Crippen LogP contribution in [-0.4, -0.2) is 0 Å². The van der Waals surface area contributed by atoms with Crippen molar-refractivity contribution in [2.75, 3.05) is 0 Å². The van der Waals surface area contributed by atoms with E-state index in [-0.39, 0.29) is 51.0 Å². The molecule has 6 rings (SSSR count). The molecule has 0 saturated heterocycles. The first kappa shape index (κ1) is 29.9. The smallest absolute Gasteiger partial charge is 1.00 e. The minimum atomic E-state index is 0. The van der Waals surface area contributed by atoms with Gasteiger partial charge in [-0.1, -0.05) is 124 Å². The summed E-state index contributed by atoms with van der Waals surface area (Å²) < 4.78 is 0. The van der Waals surface area contributed by atoms with E-state index in [1.807, 2.05) is 0 Å². The van der Waals surface area contributed by atoms with Crippen molar-refractivity contribution in [2.24, 2.45) is 17.8 Å². The Balaban J connectivity index is 0.00000127. The molecule has 3 atom stereocenters. The summed E-state index contributed by atoms with van der Waals surface area (Å²) in [5.41, 5.74) is 9.15. The summed E-state index contributed by atoms with van der Waals surface area (Å²) in [6.07, 6.45) is 14.2. The fraction of sp³-hybridized carbons (Fsp3) is 0.294. The van der Waals surface area contributed by atoms with Gasteiger partial charge in [0.2, 0.25) is 0 Å². The third-order valence-corrected chi connectivity index (χ3v) is 8.36. The molecule has 3 unspecified atom stereocenters. The van der Waals surface area contributed by atoms with E-state index in [9.17, 15) is 0 Å². The molecule has 0 spiro atoms. The summed E-state index contributed by atoms with van der Waals surface area (Å²) in [5, 5.41) is 2.95. The third kappa shape index (κ3) is 5.05. The van der Waals surface area contributed by atoms with Gasteiger partial charge in [-0.25, -0.2) is 0 Å². The zero-order valence-corrected chi connectivity index (χ0v) is 25.6. The number of hydrogen-bond acceptors (Lipinski definition) is 0. The Bertz CT molecular complexity index is 1370. The molecule has 3 heteroatoms. The minimum absolute atomic E-state index is 0. The van der Waals surface area contributed by atoms with Crippen LogP contribution in [0.3, 0.4) is 0 Å². The van der Waals surface area contributed by atoms with Crippen LogP contribution in [0.2, 0.25) is 0 Å². The zero-order valence-electron chi connectivity index (χ0n) is 21.6. The molecule has 3 aromatic carbocycles. The van der Waals surface area contributed by atoms with Gasteiger partial charge in [-0.05, 0) is 68.5 Å². The van der Waals surface area contributed by atoms with Crippen LogP contribution in [0, 0.1) is 17.8 Å². The molecule has 3 aliphatic rings. The Morgan fingerprint density at radius 2 is 1.24 bits per heavy atom. The van der Waals surface area contributed by atoms with Gasteiger partial charge in [0.15, 0.2) is 0 Å². The molecule has 0 saturated carbocycles. The van der Waals surface area contributed by atoms with Gasteiger partial charge < -0.3 is 24.8 Å². The Kier molecular flexibility index (Phi) is 10.4. The van der Waals surface area contributed by atoms with Gasteiger partial charge in [-0.15, -0.1) is 0 Å². The van der Waals surface area contributed by atoms with Crippen molar-refractivity contribution in [1.82, 2.24) is 0 Å². The first-order valence-electron chi connectivity index (χ1n) is 13.2. The topological polar surface area (TPSA) is 0 Å². The molecule has 3 aliphatic carbocycles. The summed E-state index contributed by atoms with van der Waals surface area (Å²) >= 11 is 0. The first-order chi connectivity index (χ1) is 16.8. The molecule has 188 valence electrons. The maximum absolute atomic E-state index is 2.45. The van der Waals surface area contributed by atoms with Crippen LogP contribution in [-0.2, 0) is 26.2 Å². The monoisotopic (exact) mass is 602 g/mol. The van der Waals surface area contributed by atoms with E-state index in [0.29, 0.717) is 23.7 Å². The van der Waals surface area contributed by atoms with Crippen molar-refractivity contribution in [3.63, 3.8) is 0 Å². The largest absolute Gasteiger partial charge is 2.00 e. The van der Waals surface area contributed by atoms with E-state index in [0.717, 1.165) is 0 Å². The number of hydrogen-bond donors (Lipinski definition) is 0. The third-order valence-electron chi connectivity index (χ3n) is 8.36. The van der Waals surface area contributed by atoms with Crippen LogP contribution in [0.4, 0.5) is 0 Å². The Labute approximate surface area is 253 Å². The van der Waals surface area contributed by atoms with E-state index >= 15 is 0 Å². The van der Waals surface area contributed by atoms with Gasteiger partial charge in [0.1, 0.15) is 0 Å². The molecule has 0 N–H and O–H groups in total. The maximum atomic E-state index is 2.45. The van der Waals surface area contributed by atoms with Crippen LogP contribution in [0.5, 0.6) is 0 Å². The van der Waals surface area contributed by atoms with Crippen molar-refractivity contribution in [3.05, 3.63) is 119 Å². The minimum Gasteiger partial charge on any atom is -1.00 e. The fourth-order valence-electron chi connectivity index (χ4n) is 7.16. The predicted octanol–water partition coefficient (Wildman–Crippen LogP) is 1.39. The molecule has 3 aromatic rings. The molecular formula is C34H34Cl2Zr. The van der Waals surface area contributed by atoms with Crippen LogP contribution in [0.15, 0.2) is 97.1 Å². The van der Waals surface area contributed by atoms with Crippen LogP contribution in [0.25, 0.3) is 22.3 Å². The molecule has 0 aromatic heterocycles. The van der Waals surface area contributed by atoms with Crippen LogP contribution < -0.4 is 35.3 Å². The molecular weight excluding hydrogens is 571 g/mol. The van der Waals surface area contributed by atoms with E-state index in [1.54, 1.807) is 16.7 Å². The first-order valence-corrected chi connectivity index (χ1v) is 13.2. The molecule has 0 bridgehead atoms. The average molecular weight is 605 g/mol. The standard InChI is InChI=1S/C34H34.2ClH.Zr/c1-3-13-27(33-29-19-9-5-15-23(29)24-16-6-10-20-30(24)33)28(14-4-2)34-31-21-11-7-17-25(31)26-18-8-12-22-32(26)34;;;/h5-12,15-22,27-29,34H,3-4,13-14H2,1-2H3;2*1H;/q;;;+2/p-2. The second kappa shape index (κ2) is 12.9. The molecule has 37 heavy (non-hydrogen) atoms. The van der Waals surface area contributed by atoms with Crippen molar-refractivity contribution in [2.45, 2.75) is 45.4 Å². The van der Waals surface area contributed by atoms with Gasteiger partial charge in [0.25, 0.3) is 0 Å². The summed E-state index contributed by atoms with van der Waals surface area (Å²) in [7, 11) is 0. The number of benzene rings is 3. The van der Waals surface area contributed by atoms with E-state index in [2.05, 4.69) is 111 Å². The van der Waals surface area contributed by atoms with Gasteiger partial charge >= 0.3 is 26.2 Å². The number of halogens is 2. The fourth-order valence-corrected chi connectivity index (χ4v) is 7.16. The zero-order chi connectivity index (χ0) is 23.1. The Hall–Kier alpha value is -1.66. The summed E-state index contributed by atoms with van der Waals surface area (Å²) in [6.45, 7) is 4.74. The maximum Gasteiger partial charge on any atom is 2.00 e. The molecule has 0 aliphatic heterocycles. The summed E-state index contributed by atoms with van der Waals surface area (Å²) in [4.78, 5) is 0. The SMILES string of the molecule is CCCC(C1=c2ccccc2=C2C=CC=CC21)C(CCC)C1c2ccccc2-c2ccccc21.[Cl-].[Cl-].[Zr+2]. The summed E-state index contributed by atoms with van der Waals surface area (Å²) in [5.74, 6) is 2.05. The predicted molar refractivity (Wildman–Crippen MR) is 145 cm³/mol. The number of rotatable bonds is 7. The summed E-state index contributed by atoms with van der Waals surface area (Å²) in [6, 6.07) is 27.6. The quantitative estimate of drug-likeness (QED) is 0.383. The van der Waals surface area contributed by atoms with Gasteiger partial charge in [-0.2, -0.15) is 0 Å².